The summed E-state index contributed by atoms with van der Waals surface area (Å²) >= 11 is 1.09. The first kappa shape index (κ1) is 15.5. The molecule has 0 radical (unpaired) electrons. The van der Waals surface area contributed by atoms with E-state index in [4.69, 9.17) is 10.5 Å². The summed E-state index contributed by atoms with van der Waals surface area (Å²) in [6.07, 6.45) is 2.08. The topological polar surface area (TPSA) is 97.5 Å². The van der Waals surface area contributed by atoms with Gasteiger partial charge in [-0.25, -0.2) is 8.42 Å². The molecule has 9 heteroatoms. The number of nitrogen functional groups attached to an aromatic ring is 1. The quantitative estimate of drug-likeness (QED) is 0.726. The van der Waals surface area contributed by atoms with Gasteiger partial charge in [0.05, 0.1) is 13.2 Å². The van der Waals surface area contributed by atoms with Crippen molar-refractivity contribution >= 4 is 32.2 Å². The average molecular weight is 320 g/mol. The van der Waals surface area contributed by atoms with E-state index in [1.165, 1.54) is 0 Å². The number of morpholine rings is 1. The first-order valence-corrected chi connectivity index (χ1v) is 9.14. The fourth-order valence-electron chi connectivity index (χ4n) is 2.09. The maximum atomic E-state index is 11.6. The molecule has 2 rings (SSSR count). The van der Waals surface area contributed by atoms with E-state index in [2.05, 4.69) is 14.6 Å². The van der Waals surface area contributed by atoms with Crippen molar-refractivity contribution in [2.75, 3.05) is 56.7 Å². The summed E-state index contributed by atoms with van der Waals surface area (Å²) < 4.78 is 32.5. The Kier molecular flexibility index (Phi) is 5.19. The minimum Gasteiger partial charge on any atom is -0.382 e. The molecule has 1 aromatic heterocycles. The van der Waals surface area contributed by atoms with E-state index in [-0.39, 0.29) is 10.7 Å². The monoisotopic (exact) mass is 320 g/mol. The third kappa shape index (κ3) is 4.05. The highest BCUT2D eigenvalue weighted by molar-refractivity contribution is 7.91. The molecule has 7 nitrogen and oxygen atoms in total. The number of nitrogens with two attached hydrogens (primary N) is 1. The van der Waals surface area contributed by atoms with Gasteiger partial charge >= 0.3 is 0 Å². The molecular formula is C11H20N4O3S2. The van der Waals surface area contributed by atoms with Gasteiger partial charge < -0.3 is 15.8 Å². The molecule has 1 aliphatic rings. The van der Waals surface area contributed by atoms with Gasteiger partial charge in [0, 0.05) is 25.9 Å². The van der Waals surface area contributed by atoms with Crippen LogP contribution in [-0.4, -0.2) is 63.3 Å². The number of nitrogens with one attached hydrogen (secondary N) is 1. The Hall–Kier alpha value is -0.900. The maximum Gasteiger partial charge on any atom is 0.182 e. The molecule has 1 aliphatic heterocycles. The molecular weight excluding hydrogens is 300 g/mol. The van der Waals surface area contributed by atoms with Gasteiger partial charge in [-0.2, -0.15) is 4.37 Å². The van der Waals surface area contributed by atoms with Crippen molar-refractivity contribution < 1.29 is 13.2 Å². The molecule has 0 saturated carbocycles. The van der Waals surface area contributed by atoms with E-state index >= 15 is 0 Å². The Balaban J connectivity index is 1.82. The van der Waals surface area contributed by atoms with Gasteiger partial charge in [-0.3, -0.25) is 4.90 Å². The second kappa shape index (κ2) is 6.70. The van der Waals surface area contributed by atoms with Crippen LogP contribution in [0.15, 0.2) is 4.90 Å². The standard InChI is InChI=1S/C11H20N4O3S2/c1-20(16,17)9-10(12)14-19-11(9)13-3-2-4-15-5-7-18-8-6-15/h13H,2-8H2,1H3,(H2,12,14). The minimum atomic E-state index is -3.34. The van der Waals surface area contributed by atoms with Crippen LogP contribution >= 0.6 is 11.5 Å². The van der Waals surface area contributed by atoms with Gasteiger partial charge in [0.25, 0.3) is 0 Å². The van der Waals surface area contributed by atoms with Crippen molar-refractivity contribution in [1.29, 1.82) is 0 Å². The number of hydrogen-bond donors (Lipinski definition) is 2. The predicted octanol–water partition coefficient (Wildman–Crippen LogP) is 0.263. The summed E-state index contributed by atoms with van der Waals surface area (Å²) in [6, 6.07) is 0. The van der Waals surface area contributed by atoms with Gasteiger partial charge in [-0.05, 0) is 24.5 Å². The zero-order valence-corrected chi connectivity index (χ0v) is 13.1. The number of ether oxygens (including phenoxy) is 1. The van der Waals surface area contributed by atoms with Crippen molar-refractivity contribution in [3.05, 3.63) is 0 Å². The largest absolute Gasteiger partial charge is 0.382 e. The summed E-state index contributed by atoms with van der Waals surface area (Å²) in [4.78, 5) is 2.46. The van der Waals surface area contributed by atoms with E-state index in [1.54, 1.807) is 0 Å². The third-order valence-corrected chi connectivity index (χ3v) is 5.19. The normalized spacial score (nSPS) is 17.2. The van der Waals surface area contributed by atoms with Crippen LogP contribution in [0.2, 0.25) is 0 Å². The Morgan fingerprint density at radius 2 is 2.15 bits per heavy atom. The molecule has 0 atom stereocenters. The second-order valence-electron chi connectivity index (χ2n) is 4.73. The van der Waals surface area contributed by atoms with Crippen LogP contribution in [0.25, 0.3) is 0 Å². The average Bonchev–Trinajstić information content (AvgIpc) is 2.77. The molecule has 0 spiro atoms. The van der Waals surface area contributed by atoms with Crippen molar-refractivity contribution in [3.63, 3.8) is 0 Å². The van der Waals surface area contributed by atoms with Crippen LogP contribution in [-0.2, 0) is 14.6 Å². The van der Waals surface area contributed by atoms with Crippen molar-refractivity contribution in [3.8, 4) is 0 Å². The first-order chi connectivity index (χ1) is 9.48. The van der Waals surface area contributed by atoms with Gasteiger partial charge in [0.15, 0.2) is 15.7 Å². The molecule has 1 aromatic rings. The summed E-state index contributed by atoms with van der Waals surface area (Å²) in [5.41, 5.74) is 5.61. The van der Waals surface area contributed by atoms with Crippen LogP contribution in [0, 0.1) is 0 Å². The van der Waals surface area contributed by atoms with E-state index < -0.39 is 9.84 Å². The van der Waals surface area contributed by atoms with E-state index in [1.807, 2.05) is 0 Å². The zero-order chi connectivity index (χ0) is 14.6. The fraction of sp³-hybridized carbons (Fsp3) is 0.727. The smallest absolute Gasteiger partial charge is 0.182 e. The molecule has 0 aliphatic carbocycles. The number of nitrogens with zero attached hydrogens (tertiary/aromatic N) is 2. The van der Waals surface area contributed by atoms with Gasteiger partial charge in [-0.15, -0.1) is 0 Å². The lowest BCUT2D eigenvalue weighted by atomic mass is 10.3. The van der Waals surface area contributed by atoms with Crippen LogP contribution in [0.3, 0.4) is 0 Å². The number of anilines is 2. The zero-order valence-electron chi connectivity index (χ0n) is 11.5. The summed E-state index contributed by atoms with van der Waals surface area (Å²) in [6.45, 7) is 5.17. The van der Waals surface area contributed by atoms with Crippen LogP contribution < -0.4 is 11.1 Å². The van der Waals surface area contributed by atoms with Crippen LogP contribution in [0.5, 0.6) is 0 Å². The molecule has 0 unspecified atom stereocenters. The minimum absolute atomic E-state index is 0.0770. The van der Waals surface area contributed by atoms with E-state index in [9.17, 15) is 8.42 Å². The van der Waals surface area contributed by atoms with Crippen molar-refractivity contribution in [2.45, 2.75) is 11.3 Å². The first-order valence-electron chi connectivity index (χ1n) is 6.47. The summed E-state index contributed by atoms with van der Waals surface area (Å²) in [5, 5.41) is 3.65. The number of hydrogen-bond acceptors (Lipinski definition) is 8. The van der Waals surface area contributed by atoms with Crippen molar-refractivity contribution in [2.24, 2.45) is 0 Å². The van der Waals surface area contributed by atoms with Crippen molar-refractivity contribution in [1.82, 2.24) is 9.27 Å². The van der Waals surface area contributed by atoms with Gasteiger partial charge in [-0.1, -0.05) is 0 Å². The third-order valence-electron chi connectivity index (χ3n) is 3.09. The Bertz CT molecular complexity index is 538. The highest BCUT2D eigenvalue weighted by Crippen LogP contribution is 2.31. The van der Waals surface area contributed by atoms with E-state index in [0.29, 0.717) is 11.5 Å². The lowest BCUT2D eigenvalue weighted by molar-refractivity contribution is 0.0378. The molecule has 114 valence electrons. The Morgan fingerprint density at radius 1 is 1.45 bits per heavy atom. The molecule has 0 aromatic carbocycles. The molecule has 1 saturated heterocycles. The molecule has 2 heterocycles. The molecule has 0 amide bonds. The lowest BCUT2D eigenvalue weighted by Crippen LogP contribution is -2.37. The fourth-order valence-corrected chi connectivity index (χ4v) is 4.19. The van der Waals surface area contributed by atoms with Gasteiger partial charge in [0.2, 0.25) is 0 Å². The Labute approximate surface area is 123 Å². The molecule has 3 N–H and O–H groups in total. The van der Waals surface area contributed by atoms with E-state index in [0.717, 1.165) is 57.1 Å². The van der Waals surface area contributed by atoms with Gasteiger partial charge in [0.1, 0.15) is 9.90 Å². The highest BCUT2D eigenvalue weighted by atomic mass is 32.2. The Morgan fingerprint density at radius 3 is 2.80 bits per heavy atom. The predicted molar refractivity (Wildman–Crippen MR) is 80.0 cm³/mol. The summed E-state index contributed by atoms with van der Waals surface area (Å²) in [7, 11) is -3.34. The lowest BCUT2D eigenvalue weighted by Gasteiger charge is -2.26. The van der Waals surface area contributed by atoms with Crippen LogP contribution in [0.1, 0.15) is 6.42 Å². The summed E-state index contributed by atoms with van der Waals surface area (Å²) in [5.74, 6) is 0.0770. The second-order valence-corrected chi connectivity index (χ2v) is 7.46. The number of rotatable bonds is 6. The maximum absolute atomic E-state index is 11.6. The van der Waals surface area contributed by atoms with Crippen LogP contribution in [0.4, 0.5) is 10.8 Å². The SMILES string of the molecule is CS(=O)(=O)c1c(N)nsc1NCCCN1CCOCC1. The number of sulfone groups is 1. The molecule has 1 fully saturated rings. The molecule has 20 heavy (non-hydrogen) atoms. The highest BCUT2D eigenvalue weighted by Gasteiger charge is 2.21. The molecule has 0 bridgehead atoms. The number of aromatic nitrogens is 1.